The zero-order chi connectivity index (χ0) is 17.9. The Morgan fingerprint density at radius 3 is 3.00 bits per heavy atom. The van der Waals surface area contributed by atoms with E-state index in [0.717, 1.165) is 53.5 Å². The second-order valence-corrected chi connectivity index (χ2v) is 7.85. The van der Waals surface area contributed by atoms with Gasteiger partial charge in [0.1, 0.15) is 11.6 Å². The molecular formula is C17H23N5O3S. The van der Waals surface area contributed by atoms with Crippen LogP contribution in [0.4, 0.5) is 5.13 Å². The molecule has 8 nitrogen and oxygen atoms in total. The highest BCUT2D eigenvalue weighted by molar-refractivity contribution is 7.15. The highest BCUT2D eigenvalue weighted by Crippen LogP contribution is 2.30. The number of aromatic nitrogens is 4. The molecule has 3 heterocycles. The van der Waals surface area contributed by atoms with Crippen LogP contribution >= 0.6 is 11.3 Å². The fourth-order valence-corrected chi connectivity index (χ4v) is 4.41. The first kappa shape index (κ1) is 17.6. The summed E-state index contributed by atoms with van der Waals surface area (Å²) in [4.78, 5) is 12.4. The van der Waals surface area contributed by atoms with Crippen molar-refractivity contribution in [1.82, 2.24) is 20.0 Å². The van der Waals surface area contributed by atoms with Gasteiger partial charge in [0, 0.05) is 31.2 Å². The summed E-state index contributed by atoms with van der Waals surface area (Å²) in [7, 11) is 1.65. The molecule has 26 heavy (non-hydrogen) atoms. The van der Waals surface area contributed by atoms with E-state index in [1.54, 1.807) is 17.9 Å². The minimum atomic E-state index is -0.0148. The first-order chi connectivity index (χ1) is 12.7. The predicted octanol–water partition coefficient (Wildman–Crippen LogP) is 1.91. The molecular weight excluding hydrogens is 354 g/mol. The Morgan fingerprint density at radius 1 is 1.35 bits per heavy atom. The van der Waals surface area contributed by atoms with Gasteiger partial charge in [0.2, 0.25) is 5.13 Å². The lowest BCUT2D eigenvalue weighted by Gasteiger charge is -2.30. The summed E-state index contributed by atoms with van der Waals surface area (Å²) in [6, 6.07) is 2.23. The molecule has 2 aliphatic rings. The number of nitrogens with one attached hydrogen (secondary N) is 1. The zero-order valence-corrected chi connectivity index (χ0v) is 15.6. The van der Waals surface area contributed by atoms with Crippen LogP contribution in [-0.4, -0.2) is 39.7 Å². The van der Waals surface area contributed by atoms with Gasteiger partial charge in [0.15, 0.2) is 0 Å². The van der Waals surface area contributed by atoms with Crippen molar-refractivity contribution in [1.29, 1.82) is 0 Å². The van der Waals surface area contributed by atoms with E-state index >= 15 is 0 Å². The molecule has 0 radical (unpaired) electrons. The maximum atomic E-state index is 12.4. The van der Waals surface area contributed by atoms with Gasteiger partial charge in [-0.3, -0.25) is 4.79 Å². The second kappa shape index (κ2) is 7.81. The van der Waals surface area contributed by atoms with Crippen molar-refractivity contribution in [2.45, 2.75) is 57.4 Å². The Morgan fingerprint density at radius 2 is 2.19 bits per heavy atom. The lowest BCUT2D eigenvalue weighted by molar-refractivity contribution is 0.107. The molecule has 1 saturated carbocycles. The predicted molar refractivity (Wildman–Crippen MR) is 97.4 cm³/mol. The number of hydrogen-bond donors (Lipinski definition) is 1. The average Bonchev–Trinajstić information content (AvgIpc) is 3.09. The Kier molecular flexibility index (Phi) is 5.28. The molecule has 0 amide bonds. The van der Waals surface area contributed by atoms with Crippen LogP contribution in [0.5, 0.6) is 0 Å². The quantitative estimate of drug-likeness (QED) is 0.851. The second-order valence-electron chi connectivity index (χ2n) is 6.79. The van der Waals surface area contributed by atoms with E-state index in [-0.39, 0.29) is 11.6 Å². The molecule has 0 saturated heterocycles. The first-order valence-electron chi connectivity index (χ1n) is 9.00. The van der Waals surface area contributed by atoms with Gasteiger partial charge in [0.05, 0.1) is 24.9 Å². The molecule has 140 valence electrons. The van der Waals surface area contributed by atoms with Gasteiger partial charge in [-0.1, -0.05) is 11.3 Å². The van der Waals surface area contributed by atoms with E-state index in [9.17, 15) is 4.79 Å². The lowest BCUT2D eigenvalue weighted by atomic mass is 9.91. The summed E-state index contributed by atoms with van der Waals surface area (Å²) >= 11 is 1.53. The molecule has 1 aliphatic carbocycles. The minimum Gasteiger partial charge on any atom is -0.377 e. The van der Waals surface area contributed by atoms with Crippen LogP contribution in [0.15, 0.2) is 10.9 Å². The molecule has 2 aromatic heterocycles. The number of fused-ring (bicyclic) bond motifs is 1. The van der Waals surface area contributed by atoms with Crippen LogP contribution in [0.2, 0.25) is 0 Å². The van der Waals surface area contributed by atoms with E-state index < -0.39 is 0 Å². The van der Waals surface area contributed by atoms with Crippen molar-refractivity contribution >= 4 is 16.5 Å². The highest BCUT2D eigenvalue weighted by atomic mass is 32.1. The minimum absolute atomic E-state index is 0.0148. The fraction of sp³-hybridized carbons (Fsp3) is 0.647. The molecule has 1 N–H and O–H groups in total. The average molecular weight is 377 g/mol. The van der Waals surface area contributed by atoms with Gasteiger partial charge < -0.3 is 14.8 Å². The molecule has 0 atom stereocenters. The van der Waals surface area contributed by atoms with E-state index in [2.05, 4.69) is 20.6 Å². The summed E-state index contributed by atoms with van der Waals surface area (Å²) in [5, 5.41) is 18.1. The molecule has 9 heteroatoms. The van der Waals surface area contributed by atoms with Crippen molar-refractivity contribution in [2.75, 3.05) is 19.0 Å². The van der Waals surface area contributed by atoms with Gasteiger partial charge in [0.25, 0.3) is 5.56 Å². The maximum absolute atomic E-state index is 12.4. The zero-order valence-electron chi connectivity index (χ0n) is 14.8. The molecule has 2 aromatic rings. The SMILES string of the molecule is COCc1nnc(NC2CCC(n3nc4c(cc3=O)COCC4)CC2)s1. The van der Waals surface area contributed by atoms with Crippen LogP contribution in [0.1, 0.15) is 48.0 Å². The Balaban J connectivity index is 1.38. The summed E-state index contributed by atoms with van der Waals surface area (Å²) in [6.45, 7) is 1.67. The van der Waals surface area contributed by atoms with E-state index in [4.69, 9.17) is 9.47 Å². The van der Waals surface area contributed by atoms with Gasteiger partial charge in [-0.15, -0.1) is 10.2 Å². The van der Waals surface area contributed by atoms with Gasteiger partial charge in [-0.2, -0.15) is 5.10 Å². The summed E-state index contributed by atoms with van der Waals surface area (Å²) < 4.78 is 12.2. The van der Waals surface area contributed by atoms with Gasteiger partial charge >= 0.3 is 0 Å². The summed E-state index contributed by atoms with van der Waals surface area (Å²) in [6.07, 6.45) is 4.62. The molecule has 1 aliphatic heterocycles. The standard InChI is InChI=1S/C17H23N5O3S/c1-24-10-15-19-20-17(26-15)18-12-2-4-13(5-3-12)22-16(23)8-11-9-25-7-6-14(11)21-22/h8,12-13H,2-7,9-10H2,1H3,(H,18,20). The fourth-order valence-electron chi connectivity index (χ4n) is 3.62. The number of methoxy groups -OCH3 is 1. The Hall–Kier alpha value is -1.84. The van der Waals surface area contributed by atoms with Gasteiger partial charge in [-0.25, -0.2) is 4.68 Å². The number of ether oxygens (including phenoxy) is 2. The Bertz CT molecular complexity index is 813. The summed E-state index contributed by atoms with van der Waals surface area (Å²) in [5.41, 5.74) is 1.94. The number of hydrogen-bond acceptors (Lipinski definition) is 8. The molecule has 0 bridgehead atoms. The first-order valence-corrected chi connectivity index (χ1v) is 9.82. The van der Waals surface area contributed by atoms with E-state index in [1.165, 1.54) is 11.3 Å². The lowest BCUT2D eigenvalue weighted by Crippen LogP contribution is -2.35. The molecule has 4 rings (SSSR count). The van der Waals surface area contributed by atoms with Crippen LogP contribution < -0.4 is 10.9 Å². The maximum Gasteiger partial charge on any atom is 0.267 e. The molecule has 1 fully saturated rings. The van der Waals surface area contributed by atoms with Crippen LogP contribution in [-0.2, 0) is 29.1 Å². The van der Waals surface area contributed by atoms with Crippen LogP contribution in [0.3, 0.4) is 0 Å². The number of nitrogens with zero attached hydrogens (tertiary/aromatic N) is 4. The van der Waals surface area contributed by atoms with Crippen molar-refractivity contribution in [2.24, 2.45) is 0 Å². The van der Waals surface area contributed by atoms with Crippen molar-refractivity contribution in [3.63, 3.8) is 0 Å². The van der Waals surface area contributed by atoms with Crippen LogP contribution in [0.25, 0.3) is 0 Å². The molecule has 0 spiro atoms. The largest absolute Gasteiger partial charge is 0.377 e. The highest BCUT2D eigenvalue weighted by Gasteiger charge is 2.25. The van der Waals surface area contributed by atoms with Gasteiger partial charge in [-0.05, 0) is 25.7 Å². The third kappa shape index (κ3) is 3.79. The monoisotopic (exact) mass is 377 g/mol. The third-order valence-electron chi connectivity index (χ3n) is 4.97. The summed E-state index contributed by atoms with van der Waals surface area (Å²) in [5.74, 6) is 0. The van der Waals surface area contributed by atoms with E-state index in [0.29, 0.717) is 25.9 Å². The Labute approximate surface area is 155 Å². The number of anilines is 1. The number of rotatable bonds is 5. The van der Waals surface area contributed by atoms with Crippen molar-refractivity contribution < 1.29 is 9.47 Å². The van der Waals surface area contributed by atoms with E-state index in [1.807, 2.05) is 0 Å². The normalized spacial score (nSPS) is 22.8. The molecule has 0 unspecified atom stereocenters. The third-order valence-corrected chi connectivity index (χ3v) is 5.80. The smallest absolute Gasteiger partial charge is 0.267 e. The van der Waals surface area contributed by atoms with Crippen molar-refractivity contribution in [3.8, 4) is 0 Å². The molecule has 0 aromatic carbocycles. The van der Waals surface area contributed by atoms with Crippen LogP contribution in [0, 0.1) is 0 Å². The van der Waals surface area contributed by atoms with Crippen molar-refractivity contribution in [3.05, 3.63) is 32.7 Å². The topological polar surface area (TPSA) is 91.2 Å².